The van der Waals surface area contributed by atoms with Crippen LogP contribution in [-0.4, -0.2) is 51.0 Å². The van der Waals surface area contributed by atoms with Crippen molar-refractivity contribution in [1.82, 2.24) is 19.9 Å². The van der Waals surface area contributed by atoms with Crippen molar-refractivity contribution in [2.75, 3.05) is 31.1 Å². The fourth-order valence-corrected chi connectivity index (χ4v) is 3.66. The van der Waals surface area contributed by atoms with Crippen LogP contribution in [0.5, 0.6) is 0 Å². The first kappa shape index (κ1) is 21.1. The number of hydrogen-bond donors (Lipinski definition) is 0. The van der Waals surface area contributed by atoms with E-state index in [4.69, 9.17) is 16.6 Å². The molecule has 3 heterocycles. The monoisotopic (exact) mass is 438 g/mol. The quantitative estimate of drug-likeness (QED) is 0.424. The predicted molar refractivity (Wildman–Crippen MR) is 120 cm³/mol. The number of hydrogen-bond acceptors (Lipinski definition) is 7. The lowest BCUT2D eigenvalue weighted by atomic mass is 10.2. The maximum absolute atomic E-state index is 10.9. The molecule has 1 saturated heterocycles. The molecule has 1 aromatic carbocycles. The molecule has 0 atom stereocenters. The van der Waals surface area contributed by atoms with Crippen molar-refractivity contribution in [3.8, 4) is 11.4 Å². The smallest absolute Gasteiger partial charge is 0.269 e. The van der Waals surface area contributed by atoms with Gasteiger partial charge in [-0.25, -0.2) is 9.97 Å². The third-order valence-corrected chi connectivity index (χ3v) is 5.56. The summed E-state index contributed by atoms with van der Waals surface area (Å²) in [7, 11) is 0. The van der Waals surface area contributed by atoms with Crippen LogP contribution in [0.4, 0.5) is 11.5 Å². The highest BCUT2D eigenvalue weighted by molar-refractivity contribution is 6.30. The maximum Gasteiger partial charge on any atom is 0.269 e. The topological polar surface area (TPSA) is 88.3 Å². The summed E-state index contributed by atoms with van der Waals surface area (Å²) < 4.78 is 0. The van der Waals surface area contributed by atoms with E-state index in [1.165, 1.54) is 12.1 Å². The molecule has 0 unspecified atom stereocenters. The highest BCUT2D eigenvalue weighted by Gasteiger charge is 2.20. The Bertz CT molecular complexity index is 1050. The highest BCUT2D eigenvalue weighted by Crippen LogP contribution is 2.24. The average molecular weight is 439 g/mol. The van der Waals surface area contributed by atoms with Gasteiger partial charge in [0.05, 0.1) is 15.6 Å². The van der Waals surface area contributed by atoms with Gasteiger partial charge in [0.2, 0.25) is 0 Å². The first-order valence-corrected chi connectivity index (χ1v) is 10.6. The Morgan fingerprint density at radius 1 is 1.03 bits per heavy atom. The van der Waals surface area contributed by atoms with E-state index in [1.54, 1.807) is 18.3 Å². The number of aromatic nitrogens is 3. The van der Waals surface area contributed by atoms with Crippen molar-refractivity contribution in [2.45, 2.75) is 19.9 Å². The number of pyridine rings is 1. The molecule has 9 heteroatoms. The minimum atomic E-state index is -0.405. The van der Waals surface area contributed by atoms with Crippen molar-refractivity contribution in [1.29, 1.82) is 0 Å². The van der Waals surface area contributed by atoms with Crippen molar-refractivity contribution < 1.29 is 4.92 Å². The number of halogens is 1. The van der Waals surface area contributed by atoms with Crippen molar-refractivity contribution in [2.24, 2.45) is 0 Å². The van der Waals surface area contributed by atoms with Crippen molar-refractivity contribution in [3.63, 3.8) is 0 Å². The second-order valence-corrected chi connectivity index (χ2v) is 7.87. The molecule has 0 radical (unpaired) electrons. The van der Waals surface area contributed by atoms with Gasteiger partial charge in [-0.3, -0.25) is 20.0 Å². The summed E-state index contributed by atoms with van der Waals surface area (Å²) in [5.41, 5.74) is 2.79. The molecule has 1 aliphatic heterocycles. The minimum absolute atomic E-state index is 0.0573. The summed E-state index contributed by atoms with van der Waals surface area (Å²) in [6.07, 6.45) is 2.47. The number of nitro benzene ring substituents is 1. The molecule has 3 aromatic rings. The number of nitrogens with zero attached hydrogens (tertiary/aromatic N) is 6. The molecule has 0 amide bonds. The Balaban J connectivity index is 1.47. The first-order chi connectivity index (χ1) is 15.0. The summed E-state index contributed by atoms with van der Waals surface area (Å²) in [6, 6.07) is 12.2. The van der Waals surface area contributed by atoms with Crippen LogP contribution < -0.4 is 4.90 Å². The molecular formula is C22H23ClN6O2. The number of non-ortho nitro benzene ring substituents is 1. The second-order valence-electron chi connectivity index (χ2n) is 7.43. The summed E-state index contributed by atoms with van der Waals surface area (Å²) in [4.78, 5) is 28.9. The summed E-state index contributed by atoms with van der Waals surface area (Å²) in [5.74, 6) is 1.49. The third kappa shape index (κ3) is 5.15. The number of nitro groups is 1. The zero-order chi connectivity index (χ0) is 21.8. The Kier molecular flexibility index (Phi) is 6.39. The highest BCUT2D eigenvalue weighted by atomic mass is 35.5. The zero-order valence-corrected chi connectivity index (χ0v) is 18.0. The van der Waals surface area contributed by atoms with Gasteiger partial charge in [0, 0.05) is 68.4 Å². The van der Waals surface area contributed by atoms with Crippen LogP contribution in [0.1, 0.15) is 18.3 Å². The number of anilines is 1. The van der Waals surface area contributed by atoms with Crippen molar-refractivity contribution >= 4 is 23.1 Å². The molecule has 0 N–H and O–H groups in total. The van der Waals surface area contributed by atoms with Gasteiger partial charge >= 0.3 is 0 Å². The predicted octanol–water partition coefficient (Wildman–Crippen LogP) is 3.98. The third-order valence-electron chi connectivity index (χ3n) is 5.33. The van der Waals surface area contributed by atoms with Gasteiger partial charge in [-0.05, 0) is 30.7 Å². The summed E-state index contributed by atoms with van der Waals surface area (Å²) in [6.45, 7) is 6.37. The van der Waals surface area contributed by atoms with Crippen LogP contribution in [0.3, 0.4) is 0 Å². The van der Waals surface area contributed by atoms with Gasteiger partial charge in [0.25, 0.3) is 5.69 Å². The van der Waals surface area contributed by atoms with E-state index in [1.807, 2.05) is 18.2 Å². The van der Waals surface area contributed by atoms with E-state index in [0.717, 1.165) is 61.9 Å². The summed E-state index contributed by atoms with van der Waals surface area (Å²) in [5, 5.41) is 11.6. The van der Waals surface area contributed by atoms with Crippen LogP contribution in [0.2, 0.25) is 5.02 Å². The van der Waals surface area contributed by atoms with Gasteiger partial charge in [0.15, 0.2) is 5.82 Å². The van der Waals surface area contributed by atoms with Crippen LogP contribution >= 0.6 is 11.6 Å². The largest absolute Gasteiger partial charge is 0.354 e. The maximum atomic E-state index is 10.9. The van der Waals surface area contributed by atoms with Gasteiger partial charge < -0.3 is 4.90 Å². The van der Waals surface area contributed by atoms with Crippen LogP contribution in [0.15, 0.2) is 48.7 Å². The standard InChI is InChI=1S/C22H23ClN6O2/c1-2-18-13-21(26-22(25-18)16-3-7-20(8-4-16)29(30)31)28-11-9-27(10-12-28)15-19-6-5-17(23)14-24-19/h3-8,13-14H,2,9-12,15H2,1H3. The Morgan fingerprint density at radius 2 is 1.77 bits per heavy atom. The molecule has 31 heavy (non-hydrogen) atoms. The van der Waals surface area contributed by atoms with E-state index in [2.05, 4.69) is 26.7 Å². The zero-order valence-electron chi connectivity index (χ0n) is 17.2. The summed E-state index contributed by atoms with van der Waals surface area (Å²) >= 11 is 5.92. The molecule has 0 bridgehead atoms. The molecule has 0 spiro atoms. The molecule has 0 saturated carbocycles. The van der Waals surface area contributed by atoms with Gasteiger partial charge in [-0.1, -0.05) is 18.5 Å². The van der Waals surface area contributed by atoms with Crippen LogP contribution in [0.25, 0.3) is 11.4 Å². The molecule has 8 nitrogen and oxygen atoms in total. The van der Waals surface area contributed by atoms with E-state index >= 15 is 0 Å². The molecule has 1 fully saturated rings. The fraction of sp³-hybridized carbons (Fsp3) is 0.318. The molecule has 1 aliphatic rings. The second kappa shape index (κ2) is 9.36. The average Bonchev–Trinajstić information content (AvgIpc) is 2.81. The van der Waals surface area contributed by atoms with Gasteiger partial charge in [-0.15, -0.1) is 0 Å². The molecule has 0 aliphatic carbocycles. The lowest BCUT2D eigenvalue weighted by Gasteiger charge is -2.35. The number of aryl methyl sites for hydroxylation is 1. The minimum Gasteiger partial charge on any atom is -0.354 e. The number of piperazine rings is 1. The molecular weight excluding hydrogens is 416 g/mol. The van der Waals surface area contributed by atoms with E-state index < -0.39 is 4.92 Å². The lowest BCUT2D eigenvalue weighted by molar-refractivity contribution is -0.384. The lowest BCUT2D eigenvalue weighted by Crippen LogP contribution is -2.46. The Hall–Kier alpha value is -3.10. The molecule has 4 rings (SSSR count). The van der Waals surface area contributed by atoms with Gasteiger partial charge in [-0.2, -0.15) is 0 Å². The van der Waals surface area contributed by atoms with Gasteiger partial charge in [0.1, 0.15) is 5.82 Å². The number of rotatable bonds is 6. The fourth-order valence-electron chi connectivity index (χ4n) is 3.55. The SMILES string of the molecule is CCc1cc(N2CCN(Cc3ccc(Cl)cn3)CC2)nc(-c2ccc([N+](=O)[O-])cc2)n1. The molecule has 2 aromatic heterocycles. The van der Waals surface area contributed by atoms with E-state index in [9.17, 15) is 10.1 Å². The molecule has 160 valence electrons. The normalized spacial score (nSPS) is 14.6. The Labute approximate surface area is 185 Å². The van der Waals surface area contributed by atoms with Crippen LogP contribution in [0, 0.1) is 10.1 Å². The number of benzene rings is 1. The van der Waals surface area contributed by atoms with E-state index in [-0.39, 0.29) is 5.69 Å². The van der Waals surface area contributed by atoms with Crippen molar-refractivity contribution in [3.05, 3.63) is 75.2 Å². The van der Waals surface area contributed by atoms with Crippen LogP contribution in [-0.2, 0) is 13.0 Å². The van der Waals surface area contributed by atoms with E-state index in [0.29, 0.717) is 10.8 Å². The Morgan fingerprint density at radius 3 is 2.39 bits per heavy atom. The first-order valence-electron chi connectivity index (χ1n) is 10.2.